The highest BCUT2D eigenvalue weighted by Crippen LogP contribution is 2.32. The van der Waals surface area contributed by atoms with Crippen molar-refractivity contribution in [3.63, 3.8) is 0 Å². The zero-order chi connectivity index (χ0) is 14.8. The molecule has 3 rings (SSSR count). The van der Waals surface area contributed by atoms with Crippen LogP contribution in [-0.4, -0.2) is 36.1 Å². The van der Waals surface area contributed by atoms with Crippen LogP contribution in [0.15, 0.2) is 24.3 Å². The number of rotatable bonds is 3. The van der Waals surface area contributed by atoms with Crippen LogP contribution in [0.2, 0.25) is 0 Å². The van der Waals surface area contributed by atoms with E-state index in [0.29, 0.717) is 30.5 Å². The van der Waals surface area contributed by atoms with Gasteiger partial charge in [0.25, 0.3) is 0 Å². The third-order valence-corrected chi connectivity index (χ3v) is 4.93. The molecule has 0 aliphatic carbocycles. The van der Waals surface area contributed by atoms with Crippen LogP contribution in [0.25, 0.3) is 0 Å². The highest BCUT2D eigenvalue weighted by molar-refractivity contribution is 5.76. The van der Waals surface area contributed by atoms with Crippen LogP contribution in [-0.2, 0) is 16.0 Å². The van der Waals surface area contributed by atoms with Gasteiger partial charge < -0.3 is 9.64 Å². The minimum absolute atomic E-state index is 0.302. The van der Waals surface area contributed by atoms with Gasteiger partial charge in [0.2, 0.25) is 5.91 Å². The number of amides is 1. The Bertz CT molecular complexity index is 514. The topological polar surface area (TPSA) is 29.5 Å². The fourth-order valence-corrected chi connectivity index (χ4v) is 3.71. The van der Waals surface area contributed by atoms with Gasteiger partial charge in [0.1, 0.15) is 0 Å². The van der Waals surface area contributed by atoms with E-state index in [1.165, 1.54) is 11.1 Å². The maximum atomic E-state index is 12.4. The summed E-state index contributed by atoms with van der Waals surface area (Å²) >= 11 is 0. The minimum atomic E-state index is 0.302. The predicted octanol–water partition coefficient (Wildman–Crippen LogP) is 2.95. The molecule has 2 aliphatic heterocycles. The average molecular weight is 287 g/mol. The molecule has 2 aliphatic rings. The van der Waals surface area contributed by atoms with Gasteiger partial charge in [-0.05, 0) is 44.2 Å². The molecule has 2 saturated heterocycles. The number of hydrogen-bond donors (Lipinski definition) is 0. The highest BCUT2D eigenvalue weighted by atomic mass is 16.5. The number of likely N-dealkylation sites (tertiary alicyclic amines) is 1. The zero-order valence-electron chi connectivity index (χ0n) is 13.0. The third-order valence-electron chi connectivity index (χ3n) is 4.93. The molecular weight excluding hydrogens is 262 g/mol. The van der Waals surface area contributed by atoms with Crippen LogP contribution >= 0.6 is 0 Å². The van der Waals surface area contributed by atoms with Gasteiger partial charge in [0, 0.05) is 25.4 Å². The van der Waals surface area contributed by atoms with Crippen LogP contribution in [0.1, 0.15) is 37.3 Å². The van der Waals surface area contributed by atoms with E-state index in [9.17, 15) is 4.79 Å². The summed E-state index contributed by atoms with van der Waals surface area (Å²) < 4.78 is 5.90. The monoisotopic (exact) mass is 287 g/mol. The number of hydrogen-bond acceptors (Lipinski definition) is 2. The van der Waals surface area contributed by atoms with E-state index in [2.05, 4.69) is 36.9 Å². The number of nitrogens with zero attached hydrogens (tertiary/aromatic N) is 1. The maximum absolute atomic E-state index is 12.4. The first-order chi connectivity index (χ1) is 10.1. The fraction of sp³-hybridized carbons (Fsp3) is 0.611. The van der Waals surface area contributed by atoms with E-state index in [1.807, 2.05) is 6.07 Å². The Kier molecular flexibility index (Phi) is 4.29. The fourth-order valence-electron chi connectivity index (χ4n) is 3.71. The molecule has 0 radical (unpaired) electrons. The van der Waals surface area contributed by atoms with E-state index in [0.717, 1.165) is 32.4 Å². The van der Waals surface area contributed by atoms with Crippen LogP contribution in [0.3, 0.4) is 0 Å². The van der Waals surface area contributed by atoms with Crippen LogP contribution < -0.4 is 0 Å². The molecule has 2 heterocycles. The van der Waals surface area contributed by atoms with E-state index < -0.39 is 0 Å². The molecule has 1 aromatic carbocycles. The van der Waals surface area contributed by atoms with Crippen molar-refractivity contribution in [1.82, 2.24) is 4.90 Å². The first kappa shape index (κ1) is 14.6. The summed E-state index contributed by atoms with van der Waals surface area (Å²) in [5, 5.41) is 0. The minimum Gasteiger partial charge on any atom is -0.375 e. The predicted molar refractivity (Wildman–Crippen MR) is 83.1 cm³/mol. The van der Waals surface area contributed by atoms with Crippen LogP contribution in [0, 0.1) is 12.8 Å². The lowest BCUT2D eigenvalue weighted by molar-refractivity contribution is -0.134. The van der Waals surface area contributed by atoms with Crippen LogP contribution in [0.5, 0.6) is 0 Å². The number of ether oxygens (including phenoxy) is 1. The largest absolute Gasteiger partial charge is 0.375 e. The molecule has 0 spiro atoms. The average Bonchev–Trinajstić information content (AvgIpc) is 2.85. The van der Waals surface area contributed by atoms with E-state index >= 15 is 0 Å². The second-order valence-corrected chi connectivity index (χ2v) is 6.54. The van der Waals surface area contributed by atoms with E-state index in [1.54, 1.807) is 0 Å². The maximum Gasteiger partial charge on any atom is 0.222 e. The van der Waals surface area contributed by atoms with Gasteiger partial charge in [-0.3, -0.25) is 4.79 Å². The molecule has 1 aromatic rings. The smallest absolute Gasteiger partial charge is 0.222 e. The summed E-state index contributed by atoms with van der Waals surface area (Å²) in [5.74, 6) is 0.854. The van der Waals surface area contributed by atoms with Crippen molar-refractivity contribution in [2.75, 3.05) is 13.1 Å². The Balaban J connectivity index is 1.53. The molecule has 2 fully saturated rings. The van der Waals surface area contributed by atoms with E-state index in [4.69, 9.17) is 4.74 Å². The molecule has 0 unspecified atom stereocenters. The summed E-state index contributed by atoms with van der Waals surface area (Å²) in [4.78, 5) is 14.5. The second kappa shape index (κ2) is 6.18. The van der Waals surface area contributed by atoms with Gasteiger partial charge in [-0.1, -0.05) is 24.3 Å². The summed E-state index contributed by atoms with van der Waals surface area (Å²) in [6.45, 7) is 6.01. The number of benzene rings is 1. The number of carbonyl (C=O) groups is 1. The van der Waals surface area contributed by atoms with Gasteiger partial charge in [0.05, 0.1) is 12.2 Å². The molecule has 21 heavy (non-hydrogen) atoms. The molecule has 3 heteroatoms. The summed E-state index contributed by atoms with van der Waals surface area (Å²) in [6.07, 6.45) is 4.33. The molecule has 0 N–H and O–H groups in total. The van der Waals surface area contributed by atoms with Crippen molar-refractivity contribution in [1.29, 1.82) is 0 Å². The number of fused-ring (bicyclic) bond motifs is 1. The SMILES string of the molecule is Cc1ccccc1CCC(=O)N1CC[C@H]2O[C@@H](C)C[C@H]2C1. The molecule has 114 valence electrons. The molecule has 3 nitrogen and oxygen atoms in total. The van der Waals surface area contributed by atoms with Crippen molar-refractivity contribution in [3.8, 4) is 0 Å². The molecule has 3 atom stereocenters. The standard InChI is InChI=1S/C18H25NO2/c1-13-5-3-4-6-15(13)7-8-18(20)19-10-9-17-16(12-19)11-14(2)21-17/h3-6,14,16-17H,7-12H2,1-2H3/t14-,16-,17+/m0/s1. The molecule has 0 saturated carbocycles. The normalized spacial score (nSPS) is 28.5. The highest BCUT2D eigenvalue weighted by Gasteiger charge is 2.38. The molecule has 0 aromatic heterocycles. The van der Waals surface area contributed by atoms with Crippen molar-refractivity contribution in [2.45, 2.75) is 51.7 Å². The lowest BCUT2D eigenvalue weighted by Crippen LogP contribution is -2.44. The van der Waals surface area contributed by atoms with Gasteiger partial charge in [-0.2, -0.15) is 0 Å². The number of carbonyl (C=O) groups excluding carboxylic acids is 1. The van der Waals surface area contributed by atoms with Gasteiger partial charge in [-0.25, -0.2) is 0 Å². The lowest BCUT2D eigenvalue weighted by Gasteiger charge is -2.34. The van der Waals surface area contributed by atoms with Crippen molar-refractivity contribution < 1.29 is 9.53 Å². The van der Waals surface area contributed by atoms with Gasteiger partial charge in [-0.15, -0.1) is 0 Å². The van der Waals surface area contributed by atoms with Crippen molar-refractivity contribution in [3.05, 3.63) is 35.4 Å². The molecule has 1 amide bonds. The lowest BCUT2D eigenvalue weighted by atomic mass is 9.92. The number of aryl methyl sites for hydroxylation is 2. The van der Waals surface area contributed by atoms with Gasteiger partial charge >= 0.3 is 0 Å². The molecule has 0 bridgehead atoms. The van der Waals surface area contributed by atoms with Gasteiger partial charge in [0.15, 0.2) is 0 Å². The van der Waals surface area contributed by atoms with E-state index in [-0.39, 0.29) is 0 Å². The Morgan fingerprint density at radius 1 is 1.38 bits per heavy atom. The third kappa shape index (κ3) is 3.29. The summed E-state index contributed by atoms with van der Waals surface area (Å²) in [6, 6.07) is 8.34. The molecular formula is C18H25NO2. The first-order valence-corrected chi connectivity index (χ1v) is 8.11. The summed E-state index contributed by atoms with van der Waals surface area (Å²) in [5.41, 5.74) is 2.57. The first-order valence-electron chi connectivity index (χ1n) is 8.11. The van der Waals surface area contributed by atoms with Crippen molar-refractivity contribution >= 4 is 5.91 Å². The Morgan fingerprint density at radius 2 is 2.19 bits per heavy atom. The quantitative estimate of drug-likeness (QED) is 0.855. The van der Waals surface area contributed by atoms with Crippen molar-refractivity contribution in [2.24, 2.45) is 5.92 Å². The second-order valence-electron chi connectivity index (χ2n) is 6.54. The number of piperidine rings is 1. The van der Waals surface area contributed by atoms with Crippen LogP contribution in [0.4, 0.5) is 0 Å². The Morgan fingerprint density at radius 3 is 3.00 bits per heavy atom. The Hall–Kier alpha value is -1.35. The zero-order valence-corrected chi connectivity index (χ0v) is 13.0. The Labute approximate surface area is 127 Å². The summed E-state index contributed by atoms with van der Waals surface area (Å²) in [7, 11) is 0.